The molecule has 1 aliphatic rings. The molecule has 1 fully saturated rings. The fraction of sp³-hybridized carbons (Fsp3) is 0.333. The number of nitrogens with zero attached hydrogens (tertiary/aromatic N) is 2. The highest BCUT2D eigenvalue weighted by molar-refractivity contribution is 7.89. The zero-order valence-electron chi connectivity index (χ0n) is 16.6. The van der Waals surface area contributed by atoms with E-state index in [1.54, 1.807) is 6.07 Å². The summed E-state index contributed by atoms with van der Waals surface area (Å²) < 4.78 is 29.0. The summed E-state index contributed by atoms with van der Waals surface area (Å²) in [7, 11) is -3.55. The molecule has 1 saturated heterocycles. The van der Waals surface area contributed by atoms with Gasteiger partial charge in [0.2, 0.25) is 15.9 Å². The molecule has 1 aliphatic heterocycles. The Labute approximate surface area is 179 Å². The Morgan fingerprint density at radius 3 is 2.50 bits per heavy atom. The topological polar surface area (TPSA) is 88.5 Å². The van der Waals surface area contributed by atoms with E-state index in [1.807, 2.05) is 31.2 Å². The van der Waals surface area contributed by atoms with Gasteiger partial charge in [0.1, 0.15) is 6.54 Å². The van der Waals surface area contributed by atoms with Crippen molar-refractivity contribution < 1.29 is 13.2 Å². The Kier molecular flexibility index (Phi) is 5.77. The van der Waals surface area contributed by atoms with Gasteiger partial charge in [0, 0.05) is 19.6 Å². The molecule has 0 unspecified atom stereocenters. The van der Waals surface area contributed by atoms with E-state index in [2.05, 4.69) is 5.32 Å². The van der Waals surface area contributed by atoms with Gasteiger partial charge in [-0.2, -0.15) is 4.31 Å². The van der Waals surface area contributed by atoms with Crippen LogP contribution < -0.4 is 10.2 Å². The van der Waals surface area contributed by atoms with Crippen molar-refractivity contribution >= 4 is 37.5 Å². The first kappa shape index (κ1) is 20.8. The van der Waals surface area contributed by atoms with E-state index in [9.17, 15) is 18.0 Å². The molecule has 0 atom stereocenters. The number of nitrogens with one attached hydrogen (secondary N) is 1. The number of hydrogen-bond donors (Lipinski definition) is 1. The van der Waals surface area contributed by atoms with Crippen LogP contribution in [0.1, 0.15) is 24.0 Å². The molecule has 30 heavy (non-hydrogen) atoms. The standard InChI is InChI=1S/C21H23N3O4S2/c1-15-4-6-16(7-5-15)13-22-20(25)14-24-18-9-8-17(12-19(18)29-21(24)26)30(27,28)23-10-2-3-11-23/h4-9,12H,2-3,10-11,13-14H2,1H3,(H,22,25). The van der Waals surface area contributed by atoms with Gasteiger partial charge in [-0.3, -0.25) is 14.2 Å². The lowest BCUT2D eigenvalue weighted by Crippen LogP contribution is -2.30. The van der Waals surface area contributed by atoms with E-state index in [1.165, 1.54) is 21.0 Å². The number of carbonyl (C=O) groups is 1. The molecule has 1 amide bonds. The van der Waals surface area contributed by atoms with E-state index in [4.69, 9.17) is 0 Å². The zero-order chi connectivity index (χ0) is 21.3. The number of aryl methyl sites for hydroxylation is 1. The van der Waals surface area contributed by atoms with Crippen molar-refractivity contribution in [3.63, 3.8) is 0 Å². The van der Waals surface area contributed by atoms with E-state index in [0.717, 1.165) is 35.3 Å². The largest absolute Gasteiger partial charge is 0.350 e. The molecule has 0 aliphatic carbocycles. The lowest BCUT2D eigenvalue weighted by Gasteiger charge is -2.15. The molecule has 0 spiro atoms. The molecule has 1 N–H and O–H groups in total. The summed E-state index contributed by atoms with van der Waals surface area (Å²) in [5.74, 6) is -0.272. The number of amides is 1. The van der Waals surface area contributed by atoms with Gasteiger partial charge in [0.15, 0.2) is 0 Å². The Hall–Kier alpha value is -2.49. The van der Waals surface area contributed by atoms with Gasteiger partial charge in [-0.1, -0.05) is 41.2 Å². The number of sulfonamides is 1. The SMILES string of the molecule is Cc1ccc(CNC(=O)Cn2c(=O)sc3cc(S(=O)(=O)N4CCCC4)ccc32)cc1. The summed E-state index contributed by atoms with van der Waals surface area (Å²) >= 11 is 0.954. The molecule has 1 aromatic heterocycles. The van der Waals surface area contributed by atoms with Crippen LogP contribution in [-0.4, -0.2) is 36.3 Å². The normalized spacial score (nSPS) is 15.0. The fourth-order valence-corrected chi connectivity index (χ4v) is 6.09. The monoisotopic (exact) mass is 445 g/mol. The van der Waals surface area contributed by atoms with Crippen molar-refractivity contribution in [2.24, 2.45) is 0 Å². The van der Waals surface area contributed by atoms with Crippen molar-refractivity contribution in [3.8, 4) is 0 Å². The number of thiazole rings is 1. The summed E-state index contributed by atoms with van der Waals surface area (Å²) in [4.78, 5) is 24.7. The summed E-state index contributed by atoms with van der Waals surface area (Å²) in [5.41, 5.74) is 2.69. The van der Waals surface area contributed by atoms with E-state index in [0.29, 0.717) is 29.9 Å². The number of benzene rings is 2. The van der Waals surface area contributed by atoms with E-state index in [-0.39, 0.29) is 22.2 Å². The van der Waals surface area contributed by atoms with Crippen LogP contribution in [-0.2, 0) is 27.9 Å². The van der Waals surface area contributed by atoms with E-state index < -0.39 is 10.0 Å². The van der Waals surface area contributed by atoms with Crippen LogP contribution in [0.2, 0.25) is 0 Å². The maximum absolute atomic E-state index is 12.8. The second-order valence-corrected chi connectivity index (χ2v) is 10.4. The van der Waals surface area contributed by atoms with Crippen LogP contribution >= 0.6 is 11.3 Å². The van der Waals surface area contributed by atoms with Gasteiger partial charge in [-0.05, 0) is 43.5 Å². The molecular formula is C21H23N3O4S2. The minimum Gasteiger partial charge on any atom is -0.350 e. The van der Waals surface area contributed by atoms with Crippen LogP contribution in [0.3, 0.4) is 0 Å². The predicted octanol–water partition coefficient (Wildman–Crippen LogP) is 2.47. The van der Waals surface area contributed by atoms with Crippen LogP contribution in [0.25, 0.3) is 10.2 Å². The number of rotatable bonds is 6. The highest BCUT2D eigenvalue weighted by Gasteiger charge is 2.27. The predicted molar refractivity (Wildman–Crippen MR) is 117 cm³/mol. The molecule has 9 heteroatoms. The van der Waals surface area contributed by atoms with Crippen LogP contribution in [0.5, 0.6) is 0 Å². The minimum atomic E-state index is -3.55. The first-order valence-corrected chi connectivity index (χ1v) is 12.1. The molecular weight excluding hydrogens is 422 g/mol. The summed E-state index contributed by atoms with van der Waals surface area (Å²) in [6.07, 6.45) is 1.73. The molecule has 0 radical (unpaired) electrons. The first-order valence-electron chi connectivity index (χ1n) is 9.80. The van der Waals surface area contributed by atoms with Gasteiger partial charge in [0.05, 0.1) is 15.1 Å². The lowest BCUT2D eigenvalue weighted by atomic mass is 10.1. The van der Waals surface area contributed by atoms with Crippen molar-refractivity contribution in [1.82, 2.24) is 14.2 Å². The summed E-state index contributed by atoms with van der Waals surface area (Å²) in [6.45, 7) is 3.33. The third-order valence-corrected chi connectivity index (χ3v) is 8.09. The lowest BCUT2D eigenvalue weighted by molar-refractivity contribution is -0.121. The van der Waals surface area contributed by atoms with Gasteiger partial charge in [-0.25, -0.2) is 8.42 Å². The van der Waals surface area contributed by atoms with Crippen molar-refractivity contribution in [3.05, 3.63) is 63.3 Å². The second-order valence-electron chi connectivity index (χ2n) is 7.46. The highest BCUT2D eigenvalue weighted by Crippen LogP contribution is 2.26. The summed E-state index contributed by atoms with van der Waals surface area (Å²) in [6, 6.07) is 12.5. The third-order valence-electron chi connectivity index (χ3n) is 5.25. The van der Waals surface area contributed by atoms with Crippen molar-refractivity contribution in [2.75, 3.05) is 13.1 Å². The molecule has 2 heterocycles. The zero-order valence-corrected chi connectivity index (χ0v) is 18.3. The summed E-state index contributed by atoms with van der Waals surface area (Å²) in [5, 5.41) is 2.82. The molecule has 0 saturated carbocycles. The minimum absolute atomic E-state index is 0.108. The van der Waals surface area contributed by atoms with Gasteiger partial charge in [-0.15, -0.1) is 0 Å². The molecule has 3 aromatic rings. The smallest absolute Gasteiger partial charge is 0.308 e. The molecule has 7 nitrogen and oxygen atoms in total. The van der Waals surface area contributed by atoms with Gasteiger partial charge >= 0.3 is 4.87 Å². The first-order chi connectivity index (χ1) is 14.3. The quantitative estimate of drug-likeness (QED) is 0.631. The fourth-order valence-electron chi connectivity index (χ4n) is 3.54. The van der Waals surface area contributed by atoms with Crippen molar-refractivity contribution in [2.45, 2.75) is 37.8 Å². The Morgan fingerprint density at radius 1 is 1.10 bits per heavy atom. The average molecular weight is 446 g/mol. The highest BCUT2D eigenvalue weighted by atomic mass is 32.2. The van der Waals surface area contributed by atoms with Gasteiger partial charge < -0.3 is 5.32 Å². The maximum atomic E-state index is 12.8. The van der Waals surface area contributed by atoms with Gasteiger partial charge in [0.25, 0.3) is 0 Å². The number of aromatic nitrogens is 1. The Bertz CT molecular complexity index is 1240. The molecule has 4 rings (SSSR count). The van der Waals surface area contributed by atoms with Crippen LogP contribution in [0, 0.1) is 6.92 Å². The molecule has 2 aromatic carbocycles. The maximum Gasteiger partial charge on any atom is 0.308 e. The second kappa shape index (κ2) is 8.33. The molecule has 158 valence electrons. The molecule has 0 bridgehead atoms. The number of carbonyl (C=O) groups excluding carboxylic acids is 1. The average Bonchev–Trinajstić information content (AvgIpc) is 3.36. The Morgan fingerprint density at radius 2 is 1.80 bits per heavy atom. The number of fused-ring (bicyclic) bond motifs is 1. The third kappa shape index (κ3) is 4.19. The van der Waals surface area contributed by atoms with E-state index >= 15 is 0 Å². The Balaban J connectivity index is 1.52. The van der Waals surface area contributed by atoms with Crippen molar-refractivity contribution in [1.29, 1.82) is 0 Å². The number of hydrogen-bond acceptors (Lipinski definition) is 5. The van der Waals surface area contributed by atoms with Crippen LogP contribution in [0.4, 0.5) is 0 Å². The van der Waals surface area contributed by atoms with Crippen LogP contribution in [0.15, 0.2) is 52.2 Å².